The van der Waals surface area contributed by atoms with E-state index in [4.69, 9.17) is 4.74 Å². The van der Waals surface area contributed by atoms with Crippen LogP contribution in [0.15, 0.2) is 24.3 Å². The molecule has 1 aromatic rings. The van der Waals surface area contributed by atoms with Crippen molar-refractivity contribution >= 4 is 5.69 Å². The summed E-state index contributed by atoms with van der Waals surface area (Å²) in [7, 11) is 0. The zero-order valence-electron chi connectivity index (χ0n) is 9.79. The van der Waals surface area contributed by atoms with Crippen molar-refractivity contribution in [3.05, 3.63) is 30.1 Å². The number of hydrogen-bond donors (Lipinski definition) is 2. The minimum absolute atomic E-state index is 0.0346. The molecule has 1 heterocycles. The maximum absolute atomic E-state index is 13.1. The van der Waals surface area contributed by atoms with Crippen molar-refractivity contribution in [1.29, 1.82) is 0 Å². The molecule has 1 fully saturated rings. The Hall–Kier alpha value is -1.13. The van der Waals surface area contributed by atoms with Crippen LogP contribution in [0, 0.1) is 5.82 Å². The first kappa shape index (κ1) is 12.3. The number of aliphatic hydroxyl groups excluding tert-OH is 1. The molecule has 4 heteroatoms. The third-order valence-corrected chi connectivity index (χ3v) is 3.21. The molecule has 0 radical (unpaired) electrons. The van der Waals surface area contributed by atoms with E-state index in [1.165, 1.54) is 12.1 Å². The minimum atomic E-state index is -0.385. The summed E-state index contributed by atoms with van der Waals surface area (Å²) >= 11 is 0. The van der Waals surface area contributed by atoms with Gasteiger partial charge in [0.15, 0.2) is 0 Å². The van der Waals surface area contributed by atoms with Crippen LogP contribution in [0.2, 0.25) is 0 Å². The fraction of sp³-hybridized carbons (Fsp3) is 0.538. The maximum Gasteiger partial charge on any atom is 0.125 e. The average molecular weight is 239 g/mol. The summed E-state index contributed by atoms with van der Waals surface area (Å²) in [5.41, 5.74) is 0.325. The summed E-state index contributed by atoms with van der Waals surface area (Å²) in [4.78, 5) is 0. The molecule has 0 spiro atoms. The molecule has 1 unspecified atom stereocenters. The predicted molar refractivity (Wildman–Crippen MR) is 64.5 cm³/mol. The predicted octanol–water partition coefficient (Wildman–Crippen LogP) is 2.17. The lowest BCUT2D eigenvalue weighted by Gasteiger charge is -2.32. The topological polar surface area (TPSA) is 41.5 Å². The molecule has 0 aliphatic carbocycles. The van der Waals surface area contributed by atoms with Gasteiger partial charge in [-0.2, -0.15) is 0 Å². The Balaban J connectivity index is 2.12. The molecule has 1 aromatic carbocycles. The van der Waals surface area contributed by atoms with Crippen molar-refractivity contribution in [2.45, 2.75) is 24.8 Å². The van der Waals surface area contributed by atoms with Crippen LogP contribution in [0.5, 0.6) is 0 Å². The van der Waals surface area contributed by atoms with Gasteiger partial charge in [-0.25, -0.2) is 4.39 Å². The van der Waals surface area contributed by atoms with Gasteiger partial charge in [-0.1, -0.05) is 6.07 Å². The summed E-state index contributed by atoms with van der Waals surface area (Å²) in [6.07, 6.45) is 2.48. The largest absolute Gasteiger partial charge is 0.394 e. The SMILES string of the molecule is OCC1(Nc2cccc(F)c2)CCCOCC1. The number of aliphatic hydroxyl groups is 1. The van der Waals surface area contributed by atoms with E-state index in [0.29, 0.717) is 12.3 Å². The Morgan fingerprint density at radius 1 is 1.35 bits per heavy atom. The molecule has 94 valence electrons. The van der Waals surface area contributed by atoms with Crippen LogP contribution in [0.3, 0.4) is 0 Å². The molecule has 1 atom stereocenters. The summed E-state index contributed by atoms with van der Waals surface area (Å²) in [5, 5.41) is 12.8. The normalized spacial score (nSPS) is 25.3. The van der Waals surface area contributed by atoms with Gasteiger partial charge in [0.1, 0.15) is 5.82 Å². The van der Waals surface area contributed by atoms with Gasteiger partial charge in [0.05, 0.1) is 12.1 Å². The first-order chi connectivity index (χ1) is 8.24. The van der Waals surface area contributed by atoms with Crippen molar-refractivity contribution in [3.8, 4) is 0 Å². The third-order valence-electron chi connectivity index (χ3n) is 3.21. The third kappa shape index (κ3) is 3.17. The van der Waals surface area contributed by atoms with Crippen LogP contribution in [-0.4, -0.2) is 30.5 Å². The molecule has 3 nitrogen and oxygen atoms in total. The second kappa shape index (κ2) is 5.47. The summed E-state index contributed by atoms with van der Waals surface area (Å²) in [6, 6.07) is 6.33. The van der Waals surface area contributed by atoms with Crippen molar-refractivity contribution < 1.29 is 14.2 Å². The molecule has 2 rings (SSSR count). The summed E-state index contributed by atoms with van der Waals surface area (Å²) in [5.74, 6) is -0.270. The lowest BCUT2D eigenvalue weighted by atomic mass is 9.91. The highest BCUT2D eigenvalue weighted by Crippen LogP contribution is 2.26. The molecule has 1 aliphatic rings. The standard InChI is InChI=1S/C13H18FNO2/c14-11-3-1-4-12(9-11)15-13(10-16)5-2-7-17-8-6-13/h1,3-4,9,15-16H,2,5-8,10H2. The molecule has 2 N–H and O–H groups in total. The van der Waals surface area contributed by atoms with Crippen LogP contribution >= 0.6 is 0 Å². The Bertz CT molecular complexity index is 362. The van der Waals surface area contributed by atoms with E-state index in [0.717, 1.165) is 25.9 Å². The van der Waals surface area contributed by atoms with E-state index in [2.05, 4.69) is 5.32 Å². The Morgan fingerprint density at radius 3 is 3.00 bits per heavy atom. The zero-order chi connectivity index (χ0) is 12.1. The minimum Gasteiger partial charge on any atom is -0.394 e. The molecule has 1 saturated heterocycles. The fourth-order valence-corrected chi connectivity index (χ4v) is 2.20. The highest BCUT2D eigenvalue weighted by molar-refractivity contribution is 5.45. The van der Waals surface area contributed by atoms with Crippen molar-refractivity contribution in [3.63, 3.8) is 0 Å². The van der Waals surface area contributed by atoms with Gasteiger partial charge in [-0.3, -0.25) is 0 Å². The number of anilines is 1. The van der Waals surface area contributed by atoms with Gasteiger partial charge < -0.3 is 15.2 Å². The first-order valence-electron chi connectivity index (χ1n) is 5.96. The van der Waals surface area contributed by atoms with Crippen LogP contribution in [0.25, 0.3) is 0 Å². The monoisotopic (exact) mass is 239 g/mol. The van der Waals surface area contributed by atoms with E-state index in [1.807, 2.05) is 6.07 Å². The van der Waals surface area contributed by atoms with Crippen molar-refractivity contribution in [1.82, 2.24) is 0 Å². The lowest BCUT2D eigenvalue weighted by molar-refractivity contribution is 0.132. The number of ether oxygens (including phenoxy) is 1. The molecule has 0 aromatic heterocycles. The highest BCUT2D eigenvalue weighted by atomic mass is 19.1. The average Bonchev–Trinajstić information content (AvgIpc) is 2.55. The number of hydrogen-bond acceptors (Lipinski definition) is 3. The molecular formula is C13H18FNO2. The molecule has 0 bridgehead atoms. The van der Waals surface area contributed by atoms with Gasteiger partial charge >= 0.3 is 0 Å². The van der Waals surface area contributed by atoms with Crippen LogP contribution in [-0.2, 0) is 4.74 Å². The summed E-state index contributed by atoms with van der Waals surface area (Å²) < 4.78 is 18.5. The molecule has 1 aliphatic heterocycles. The Morgan fingerprint density at radius 2 is 2.24 bits per heavy atom. The second-order valence-electron chi connectivity index (χ2n) is 4.54. The van der Waals surface area contributed by atoms with E-state index < -0.39 is 0 Å². The molecule has 17 heavy (non-hydrogen) atoms. The number of nitrogens with one attached hydrogen (secondary N) is 1. The first-order valence-corrected chi connectivity index (χ1v) is 5.96. The fourth-order valence-electron chi connectivity index (χ4n) is 2.20. The Kier molecular flexibility index (Phi) is 3.97. The second-order valence-corrected chi connectivity index (χ2v) is 4.54. The van der Waals surface area contributed by atoms with Crippen LogP contribution in [0.4, 0.5) is 10.1 Å². The highest BCUT2D eigenvalue weighted by Gasteiger charge is 2.30. The van der Waals surface area contributed by atoms with E-state index in [-0.39, 0.29) is 18.0 Å². The van der Waals surface area contributed by atoms with Crippen molar-refractivity contribution in [2.24, 2.45) is 0 Å². The summed E-state index contributed by atoms with van der Waals surface area (Å²) in [6.45, 7) is 1.39. The van der Waals surface area contributed by atoms with Crippen LogP contribution in [0.1, 0.15) is 19.3 Å². The van der Waals surface area contributed by atoms with E-state index in [1.54, 1.807) is 6.07 Å². The van der Waals surface area contributed by atoms with Gasteiger partial charge in [0, 0.05) is 18.9 Å². The van der Waals surface area contributed by atoms with Crippen LogP contribution < -0.4 is 5.32 Å². The van der Waals surface area contributed by atoms with E-state index >= 15 is 0 Å². The maximum atomic E-state index is 13.1. The van der Waals surface area contributed by atoms with Gasteiger partial charge in [-0.15, -0.1) is 0 Å². The smallest absolute Gasteiger partial charge is 0.125 e. The van der Waals surface area contributed by atoms with Crippen molar-refractivity contribution in [2.75, 3.05) is 25.1 Å². The zero-order valence-corrected chi connectivity index (χ0v) is 9.79. The number of benzene rings is 1. The van der Waals surface area contributed by atoms with E-state index in [9.17, 15) is 9.50 Å². The number of halogens is 1. The molecular weight excluding hydrogens is 221 g/mol. The number of rotatable bonds is 3. The lowest BCUT2D eigenvalue weighted by Crippen LogP contribution is -2.42. The van der Waals surface area contributed by atoms with Gasteiger partial charge in [-0.05, 0) is 37.5 Å². The van der Waals surface area contributed by atoms with Gasteiger partial charge in [0.2, 0.25) is 0 Å². The molecule has 0 saturated carbocycles. The molecule has 0 amide bonds. The Labute approximate surface area is 101 Å². The van der Waals surface area contributed by atoms with Gasteiger partial charge in [0.25, 0.3) is 0 Å². The quantitative estimate of drug-likeness (QED) is 0.849.